The Bertz CT molecular complexity index is 2240. The minimum Gasteiger partial charge on any atom is -0.453 e. The standard InChI is InChI=1S/C42H54N8O8S2/c1-24(2)32(21-57-58-23-43)40(51)49-19-26(22-59)15-35(49)38-44-17-33(46-38)29-11-7-27(8-12-29)28-9-13-30(14-10-28)34-18-45-39(47-34)36-16-31(60(6,54)55)20-50(36)41(52)37(25(3)4)48-42(53)56-5/h7-14,17-18,23-26,31-32,35-37,43,59H,15-16,19-22H2,1-6H3,(H,44,46)(H,45,47)(H,48,53)/t26-,31-,32?,35-,36-,37-/m0/s1. The van der Waals surface area contributed by atoms with Crippen molar-refractivity contribution in [3.8, 4) is 33.6 Å². The van der Waals surface area contributed by atoms with Crippen LogP contribution in [0, 0.1) is 29.1 Å². The number of aromatic nitrogens is 4. The van der Waals surface area contributed by atoms with Gasteiger partial charge in [-0.2, -0.15) is 17.5 Å². The number of hydrogen-bond donors (Lipinski definition) is 5. The Morgan fingerprint density at radius 2 is 1.37 bits per heavy atom. The zero-order chi connectivity index (χ0) is 43.3. The van der Waals surface area contributed by atoms with Gasteiger partial charge in [0.05, 0.1) is 54.1 Å². The number of nitrogens with zero attached hydrogens (tertiary/aromatic N) is 4. The van der Waals surface area contributed by atoms with Crippen molar-refractivity contribution in [2.75, 3.05) is 38.8 Å². The fraction of sp³-hybridized carbons (Fsp3) is 0.476. The maximum absolute atomic E-state index is 13.8. The minimum absolute atomic E-state index is 0.00375. The van der Waals surface area contributed by atoms with Crippen LogP contribution in [0.4, 0.5) is 4.79 Å². The molecule has 2 saturated heterocycles. The van der Waals surface area contributed by atoms with E-state index >= 15 is 0 Å². The molecule has 2 aliphatic heterocycles. The Hall–Kier alpha value is -5.20. The molecule has 1 unspecified atom stereocenters. The third-order valence-electron chi connectivity index (χ3n) is 11.5. The van der Waals surface area contributed by atoms with Gasteiger partial charge in [0, 0.05) is 19.3 Å². The third kappa shape index (κ3) is 9.87. The summed E-state index contributed by atoms with van der Waals surface area (Å²) in [5.74, 6) is 0.847. The molecule has 4 heterocycles. The van der Waals surface area contributed by atoms with Crippen molar-refractivity contribution in [3.63, 3.8) is 0 Å². The maximum Gasteiger partial charge on any atom is 0.407 e. The van der Waals surface area contributed by atoms with Gasteiger partial charge in [-0.25, -0.2) is 23.2 Å². The van der Waals surface area contributed by atoms with Crippen LogP contribution in [0.1, 0.15) is 64.3 Å². The molecule has 3 amide bonds. The van der Waals surface area contributed by atoms with Crippen LogP contribution in [0.5, 0.6) is 0 Å². The van der Waals surface area contributed by atoms with Crippen molar-refractivity contribution < 1.29 is 37.3 Å². The number of sulfone groups is 1. The number of aromatic amines is 2. The highest BCUT2D eigenvalue weighted by molar-refractivity contribution is 7.91. The lowest BCUT2D eigenvalue weighted by molar-refractivity contribution is -0.229. The second-order valence-electron chi connectivity index (χ2n) is 16.2. The molecule has 2 aliphatic rings. The van der Waals surface area contributed by atoms with Gasteiger partial charge in [0.2, 0.25) is 18.2 Å². The van der Waals surface area contributed by atoms with Crippen molar-refractivity contribution in [1.82, 2.24) is 35.1 Å². The van der Waals surface area contributed by atoms with Gasteiger partial charge >= 0.3 is 6.09 Å². The lowest BCUT2D eigenvalue weighted by atomic mass is 9.95. The van der Waals surface area contributed by atoms with E-state index in [0.29, 0.717) is 36.0 Å². The maximum atomic E-state index is 13.8. The average molecular weight is 863 g/mol. The molecule has 2 aromatic heterocycles. The first-order valence-corrected chi connectivity index (χ1v) is 22.6. The largest absolute Gasteiger partial charge is 0.453 e. The van der Waals surface area contributed by atoms with Crippen molar-refractivity contribution in [1.29, 1.82) is 5.41 Å². The van der Waals surface area contributed by atoms with Gasteiger partial charge in [0.1, 0.15) is 24.3 Å². The van der Waals surface area contributed by atoms with E-state index in [2.05, 4.69) is 37.8 Å². The first-order chi connectivity index (χ1) is 28.6. The van der Waals surface area contributed by atoms with Crippen LogP contribution in [-0.4, -0.2) is 113 Å². The van der Waals surface area contributed by atoms with E-state index < -0.39 is 45.1 Å². The molecular weight excluding hydrogens is 809 g/mol. The summed E-state index contributed by atoms with van der Waals surface area (Å²) < 4.78 is 30.0. The summed E-state index contributed by atoms with van der Waals surface area (Å²) in [6.07, 6.45) is 5.48. The summed E-state index contributed by atoms with van der Waals surface area (Å²) in [7, 11) is -2.26. The number of ether oxygens (including phenoxy) is 1. The molecular formula is C42H54N8O8S2. The fourth-order valence-corrected chi connectivity index (χ4v) is 9.17. The molecule has 0 radical (unpaired) electrons. The van der Waals surface area contributed by atoms with E-state index in [1.165, 1.54) is 18.3 Å². The lowest BCUT2D eigenvalue weighted by Gasteiger charge is -2.30. The topological polar surface area (TPSA) is 213 Å². The average Bonchev–Trinajstić information content (AvgIpc) is 4.06. The molecule has 4 aromatic rings. The number of nitrogens with one attached hydrogen (secondary N) is 4. The summed E-state index contributed by atoms with van der Waals surface area (Å²) >= 11 is 4.54. The van der Waals surface area contributed by atoms with Gasteiger partial charge in [0.15, 0.2) is 9.84 Å². The van der Waals surface area contributed by atoms with E-state index in [4.69, 9.17) is 20.0 Å². The molecule has 18 heteroatoms. The van der Waals surface area contributed by atoms with Gasteiger partial charge in [0.25, 0.3) is 0 Å². The number of likely N-dealkylation sites (tertiary alicyclic amines) is 2. The molecule has 4 N–H and O–H groups in total. The Morgan fingerprint density at radius 3 is 1.83 bits per heavy atom. The highest BCUT2D eigenvalue weighted by Gasteiger charge is 2.45. The van der Waals surface area contributed by atoms with E-state index in [0.717, 1.165) is 34.4 Å². The molecule has 6 rings (SSSR count). The second kappa shape index (κ2) is 19.0. The van der Waals surface area contributed by atoms with Gasteiger partial charge in [-0.3, -0.25) is 15.0 Å². The number of hydrogen-bond acceptors (Lipinski definition) is 12. The minimum atomic E-state index is -3.48. The number of benzene rings is 2. The van der Waals surface area contributed by atoms with Crippen LogP contribution in [0.15, 0.2) is 60.9 Å². The predicted molar refractivity (Wildman–Crippen MR) is 229 cm³/mol. The van der Waals surface area contributed by atoms with Crippen LogP contribution < -0.4 is 5.32 Å². The van der Waals surface area contributed by atoms with Crippen LogP contribution >= 0.6 is 12.6 Å². The zero-order valence-electron chi connectivity index (χ0n) is 34.6. The summed E-state index contributed by atoms with van der Waals surface area (Å²) in [6.45, 7) is 8.11. The molecule has 0 saturated carbocycles. The van der Waals surface area contributed by atoms with Crippen molar-refractivity contribution in [2.45, 2.75) is 63.9 Å². The lowest BCUT2D eigenvalue weighted by Crippen LogP contribution is -2.51. The number of H-pyrrole nitrogens is 2. The number of carbonyl (C=O) groups excluding carboxylic acids is 3. The molecule has 0 bridgehead atoms. The quantitative estimate of drug-likeness (QED) is 0.0227. The van der Waals surface area contributed by atoms with Crippen LogP contribution in [0.2, 0.25) is 0 Å². The number of thiol groups is 1. The van der Waals surface area contributed by atoms with Crippen LogP contribution in [0.25, 0.3) is 33.6 Å². The van der Waals surface area contributed by atoms with Gasteiger partial charge in [-0.15, -0.1) is 0 Å². The van der Waals surface area contributed by atoms with Crippen molar-refractivity contribution in [2.24, 2.45) is 23.7 Å². The molecule has 60 heavy (non-hydrogen) atoms. The van der Waals surface area contributed by atoms with Gasteiger partial charge in [-0.05, 0) is 58.6 Å². The Balaban J connectivity index is 1.15. The predicted octanol–water partition coefficient (Wildman–Crippen LogP) is 5.85. The molecule has 0 spiro atoms. The molecule has 322 valence electrons. The summed E-state index contributed by atoms with van der Waals surface area (Å²) in [6, 6.07) is 14.3. The SMILES string of the molecule is COC(=O)N[C@H](C(=O)N1C[C@@H](S(C)(=O)=O)C[C@H]1c1ncc(-c2ccc(-c3ccc(-c4cnc([C@@H]5C[C@H](CS)CN5C(=O)C(COOC=N)C(C)C)[nH]4)cc3)cc2)[nH]1)C(C)C. The first-order valence-electron chi connectivity index (χ1n) is 20.0. The fourth-order valence-electron chi connectivity index (χ4n) is 7.94. The van der Waals surface area contributed by atoms with Crippen molar-refractivity contribution in [3.05, 3.63) is 72.6 Å². The molecule has 2 aromatic carbocycles. The monoisotopic (exact) mass is 862 g/mol. The van der Waals surface area contributed by atoms with E-state index in [1.54, 1.807) is 26.2 Å². The Labute approximate surface area is 355 Å². The first kappa shape index (κ1) is 44.4. The number of rotatable bonds is 16. The third-order valence-corrected chi connectivity index (χ3v) is 13.6. The highest BCUT2D eigenvalue weighted by atomic mass is 32.2. The zero-order valence-corrected chi connectivity index (χ0v) is 36.3. The summed E-state index contributed by atoms with van der Waals surface area (Å²) in [5, 5.41) is 8.87. The van der Waals surface area contributed by atoms with Gasteiger partial charge in [-0.1, -0.05) is 76.2 Å². The summed E-state index contributed by atoms with van der Waals surface area (Å²) in [4.78, 5) is 68.9. The number of imidazole rings is 2. The normalized spacial score (nSPS) is 20.4. The Kier molecular flexibility index (Phi) is 14.1. The van der Waals surface area contributed by atoms with E-state index in [1.807, 2.05) is 67.3 Å². The smallest absolute Gasteiger partial charge is 0.407 e. The number of amides is 3. The van der Waals surface area contributed by atoms with Crippen LogP contribution in [-0.2, 0) is 33.9 Å². The van der Waals surface area contributed by atoms with E-state index in [9.17, 15) is 22.8 Å². The van der Waals surface area contributed by atoms with E-state index in [-0.39, 0.29) is 49.3 Å². The molecule has 2 fully saturated rings. The molecule has 16 nitrogen and oxygen atoms in total. The second-order valence-corrected chi connectivity index (χ2v) is 18.9. The number of alkyl carbamates (subject to hydrolysis) is 1. The molecule has 6 atom stereocenters. The summed E-state index contributed by atoms with van der Waals surface area (Å²) in [5.41, 5.74) is 5.32. The van der Waals surface area contributed by atoms with Crippen LogP contribution in [0.3, 0.4) is 0 Å². The number of methoxy groups -OCH3 is 1. The Morgan fingerprint density at radius 1 is 0.850 bits per heavy atom. The number of carbonyl (C=O) groups is 3. The highest BCUT2D eigenvalue weighted by Crippen LogP contribution is 2.39. The molecule has 0 aliphatic carbocycles. The van der Waals surface area contributed by atoms with Crippen molar-refractivity contribution >= 4 is 46.8 Å². The van der Waals surface area contributed by atoms with Gasteiger partial charge < -0.3 is 34.7 Å².